The van der Waals surface area contributed by atoms with Crippen LogP contribution in [0.25, 0.3) is 11.1 Å². The number of hydrogen-bond acceptors (Lipinski definition) is 3. The molecular weight excluding hydrogens is 324 g/mol. The molecule has 1 amide bonds. The topological polar surface area (TPSA) is 50.4 Å². The lowest BCUT2D eigenvalue weighted by atomic mass is 10.0. The molecule has 0 saturated carbocycles. The number of hydrogen-bond donors (Lipinski definition) is 2. The van der Waals surface area contributed by atoms with Gasteiger partial charge in [0, 0.05) is 25.6 Å². The van der Waals surface area contributed by atoms with E-state index in [2.05, 4.69) is 22.8 Å². The number of benzene rings is 2. The van der Waals surface area contributed by atoms with Crippen LogP contribution in [0.3, 0.4) is 0 Å². The summed E-state index contributed by atoms with van der Waals surface area (Å²) in [6, 6.07) is 18.0. The zero-order chi connectivity index (χ0) is 16.1. The van der Waals surface area contributed by atoms with Crippen molar-refractivity contribution in [3.8, 4) is 16.9 Å². The van der Waals surface area contributed by atoms with E-state index in [-0.39, 0.29) is 18.3 Å². The average Bonchev–Trinajstić information content (AvgIpc) is 2.55. The van der Waals surface area contributed by atoms with E-state index in [1.807, 2.05) is 42.5 Å². The highest BCUT2D eigenvalue weighted by atomic mass is 35.5. The first-order valence-electron chi connectivity index (χ1n) is 8.03. The van der Waals surface area contributed by atoms with Crippen molar-refractivity contribution < 1.29 is 9.53 Å². The van der Waals surface area contributed by atoms with Crippen molar-refractivity contribution in [2.75, 3.05) is 19.6 Å². The highest BCUT2D eigenvalue weighted by molar-refractivity contribution is 5.85. The van der Waals surface area contributed by atoms with Gasteiger partial charge in [0.05, 0.1) is 0 Å². The second-order valence-electron chi connectivity index (χ2n) is 5.92. The van der Waals surface area contributed by atoms with Crippen LogP contribution in [0, 0.1) is 5.92 Å². The molecule has 1 aliphatic rings. The predicted molar refractivity (Wildman–Crippen MR) is 98.6 cm³/mol. The summed E-state index contributed by atoms with van der Waals surface area (Å²) in [5.41, 5.74) is 2.30. The highest BCUT2D eigenvalue weighted by Gasteiger charge is 2.20. The normalized spacial score (nSPS) is 14.9. The fraction of sp³-hybridized carbons (Fsp3) is 0.316. The van der Waals surface area contributed by atoms with Gasteiger partial charge < -0.3 is 15.4 Å². The van der Waals surface area contributed by atoms with Crippen LogP contribution in [-0.4, -0.2) is 31.6 Å². The summed E-state index contributed by atoms with van der Waals surface area (Å²) < 4.78 is 5.72. The first-order chi connectivity index (χ1) is 11.2. The minimum atomic E-state index is -0.495. The molecule has 1 unspecified atom stereocenters. The lowest BCUT2D eigenvalue weighted by Gasteiger charge is -2.27. The molecule has 1 atom stereocenters. The largest absolute Gasteiger partial charge is 0.481 e. The molecule has 2 aromatic rings. The molecule has 24 heavy (non-hydrogen) atoms. The summed E-state index contributed by atoms with van der Waals surface area (Å²) in [7, 11) is 0. The second-order valence-corrected chi connectivity index (χ2v) is 5.92. The maximum absolute atomic E-state index is 12.0. The van der Waals surface area contributed by atoms with Crippen LogP contribution in [0.4, 0.5) is 0 Å². The van der Waals surface area contributed by atoms with E-state index in [0.29, 0.717) is 18.2 Å². The monoisotopic (exact) mass is 346 g/mol. The fourth-order valence-electron chi connectivity index (χ4n) is 2.50. The Bertz CT molecular complexity index is 642. The van der Waals surface area contributed by atoms with E-state index in [9.17, 15) is 4.79 Å². The minimum Gasteiger partial charge on any atom is -0.481 e. The molecule has 0 spiro atoms. The molecule has 1 heterocycles. The maximum Gasteiger partial charge on any atom is 0.260 e. The summed E-state index contributed by atoms with van der Waals surface area (Å²) in [4.78, 5) is 12.0. The van der Waals surface area contributed by atoms with Gasteiger partial charge in [0.25, 0.3) is 5.91 Å². The Labute approximate surface area is 149 Å². The van der Waals surface area contributed by atoms with E-state index >= 15 is 0 Å². The van der Waals surface area contributed by atoms with Crippen molar-refractivity contribution in [2.24, 2.45) is 5.92 Å². The molecule has 1 fully saturated rings. The van der Waals surface area contributed by atoms with E-state index < -0.39 is 6.10 Å². The van der Waals surface area contributed by atoms with Gasteiger partial charge in [0.2, 0.25) is 0 Å². The first kappa shape index (κ1) is 18.3. The van der Waals surface area contributed by atoms with Gasteiger partial charge in [-0.15, -0.1) is 12.4 Å². The van der Waals surface area contributed by atoms with Gasteiger partial charge in [0.1, 0.15) is 5.75 Å². The van der Waals surface area contributed by atoms with Crippen molar-refractivity contribution in [1.29, 1.82) is 0 Å². The zero-order valence-electron chi connectivity index (χ0n) is 13.7. The lowest BCUT2D eigenvalue weighted by molar-refractivity contribution is -0.127. The predicted octanol–water partition coefficient (Wildman–Crippen LogP) is 2.88. The number of nitrogens with one attached hydrogen (secondary N) is 2. The summed E-state index contributed by atoms with van der Waals surface area (Å²) in [6.07, 6.45) is -0.495. The van der Waals surface area contributed by atoms with Crippen molar-refractivity contribution in [3.63, 3.8) is 0 Å². The van der Waals surface area contributed by atoms with E-state index in [4.69, 9.17) is 4.74 Å². The van der Waals surface area contributed by atoms with Crippen LogP contribution < -0.4 is 15.4 Å². The Morgan fingerprint density at radius 3 is 2.33 bits per heavy atom. The van der Waals surface area contributed by atoms with Gasteiger partial charge >= 0.3 is 0 Å². The van der Waals surface area contributed by atoms with Crippen molar-refractivity contribution in [3.05, 3.63) is 54.6 Å². The van der Waals surface area contributed by atoms with Gasteiger partial charge in [-0.2, -0.15) is 0 Å². The molecule has 2 N–H and O–H groups in total. The van der Waals surface area contributed by atoms with Gasteiger partial charge in [-0.1, -0.05) is 42.5 Å². The summed E-state index contributed by atoms with van der Waals surface area (Å²) in [6.45, 7) is 4.46. The van der Waals surface area contributed by atoms with Crippen LogP contribution in [-0.2, 0) is 4.79 Å². The number of rotatable bonds is 6. The molecule has 0 aliphatic carbocycles. The number of amides is 1. The molecular formula is C19H23ClN2O2. The molecule has 4 nitrogen and oxygen atoms in total. The standard InChI is InChI=1S/C19H22N2O2.ClH/c1-14(19(22)21-13-15-11-20-12-15)23-18-9-7-17(8-10-18)16-5-3-2-4-6-16;/h2-10,14-15,20H,11-13H2,1H3,(H,21,22);1H. The molecule has 0 radical (unpaired) electrons. The third kappa shape index (κ3) is 4.73. The van der Waals surface area contributed by atoms with Gasteiger partial charge in [-0.3, -0.25) is 4.79 Å². The highest BCUT2D eigenvalue weighted by Crippen LogP contribution is 2.22. The quantitative estimate of drug-likeness (QED) is 0.845. The maximum atomic E-state index is 12.0. The number of carbonyl (C=O) groups excluding carboxylic acids is 1. The third-order valence-corrected chi connectivity index (χ3v) is 4.07. The average molecular weight is 347 g/mol. The summed E-state index contributed by atoms with van der Waals surface area (Å²) >= 11 is 0. The molecule has 0 bridgehead atoms. The third-order valence-electron chi connectivity index (χ3n) is 4.07. The molecule has 1 saturated heterocycles. The van der Waals surface area contributed by atoms with Crippen molar-refractivity contribution in [2.45, 2.75) is 13.0 Å². The second kappa shape index (κ2) is 8.71. The summed E-state index contributed by atoms with van der Waals surface area (Å²) in [5.74, 6) is 1.19. The zero-order valence-corrected chi connectivity index (χ0v) is 14.5. The Kier molecular flexibility index (Phi) is 6.64. The number of carbonyl (C=O) groups is 1. The Morgan fingerprint density at radius 2 is 1.75 bits per heavy atom. The Balaban J connectivity index is 0.00000208. The minimum absolute atomic E-state index is 0. The number of halogens is 1. The van der Waals surface area contributed by atoms with Gasteiger partial charge in [-0.25, -0.2) is 0 Å². The smallest absolute Gasteiger partial charge is 0.260 e. The van der Waals surface area contributed by atoms with Crippen LogP contribution in [0.2, 0.25) is 0 Å². The molecule has 5 heteroatoms. The molecule has 2 aromatic carbocycles. The van der Waals surface area contributed by atoms with E-state index in [1.165, 1.54) is 5.56 Å². The summed E-state index contributed by atoms with van der Waals surface area (Å²) in [5, 5.41) is 6.13. The molecule has 3 rings (SSSR count). The lowest BCUT2D eigenvalue weighted by Crippen LogP contribution is -2.49. The fourth-order valence-corrected chi connectivity index (χ4v) is 2.50. The van der Waals surface area contributed by atoms with E-state index in [0.717, 1.165) is 18.7 Å². The van der Waals surface area contributed by atoms with Crippen LogP contribution in [0.15, 0.2) is 54.6 Å². The Hall–Kier alpha value is -2.04. The van der Waals surface area contributed by atoms with Crippen LogP contribution in [0.5, 0.6) is 5.75 Å². The molecule has 128 valence electrons. The first-order valence-corrected chi connectivity index (χ1v) is 8.03. The number of ether oxygens (including phenoxy) is 1. The van der Waals surface area contributed by atoms with Crippen LogP contribution in [0.1, 0.15) is 6.92 Å². The molecule has 0 aromatic heterocycles. The van der Waals surface area contributed by atoms with Crippen molar-refractivity contribution in [1.82, 2.24) is 10.6 Å². The molecule has 1 aliphatic heterocycles. The van der Waals surface area contributed by atoms with Crippen LogP contribution >= 0.6 is 12.4 Å². The van der Waals surface area contributed by atoms with Gasteiger partial charge in [0.15, 0.2) is 6.10 Å². The van der Waals surface area contributed by atoms with E-state index in [1.54, 1.807) is 6.92 Å². The SMILES string of the molecule is CC(Oc1ccc(-c2ccccc2)cc1)C(=O)NCC1CNC1.Cl. The Morgan fingerprint density at radius 1 is 1.12 bits per heavy atom. The van der Waals surface area contributed by atoms with Gasteiger partial charge in [-0.05, 0) is 30.2 Å². The van der Waals surface area contributed by atoms with Crippen molar-refractivity contribution >= 4 is 18.3 Å².